The molecule has 208 valence electrons. The van der Waals surface area contributed by atoms with Crippen molar-refractivity contribution in [1.29, 1.82) is 0 Å². The molecule has 0 atom stereocenters. The van der Waals surface area contributed by atoms with Gasteiger partial charge in [0, 0.05) is 39.1 Å². The molecule has 0 spiro atoms. The first-order chi connectivity index (χ1) is 19.1. The Bertz CT molecular complexity index is 1520. The van der Waals surface area contributed by atoms with E-state index < -0.39 is 11.1 Å². The minimum absolute atomic E-state index is 0.0234. The number of nitro groups is 1. The van der Waals surface area contributed by atoms with Crippen LogP contribution in [0.5, 0.6) is 0 Å². The van der Waals surface area contributed by atoms with Crippen LogP contribution in [0, 0.1) is 24.0 Å². The molecule has 1 aliphatic heterocycles. The van der Waals surface area contributed by atoms with Crippen LogP contribution in [0.4, 0.5) is 16.2 Å². The number of nitro benzene ring substituents is 1. The van der Waals surface area contributed by atoms with E-state index in [0.29, 0.717) is 27.0 Å². The molecule has 8 nitrogen and oxygen atoms in total. The van der Waals surface area contributed by atoms with E-state index >= 15 is 0 Å². The lowest BCUT2D eigenvalue weighted by Gasteiger charge is -2.24. The molecule has 5 rings (SSSR count). The number of carbonyl (C=O) groups excluding carboxylic acids is 2. The molecule has 0 unspecified atom stereocenters. The Balaban J connectivity index is 1.42. The summed E-state index contributed by atoms with van der Waals surface area (Å²) in [5.41, 5.74) is 4.08. The van der Waals surface area contributed by atoms with Crippen LogP contribution in [0.1, 0.15) is 54.6 Å². The number of halogens is 2. The summed E-state index contributed by atoms with van der Waals surface area (Å²) in [5.74, 6) is -0.426. The summed E-state index contributed by atoms with van der Waals surface area (Å²) in [7, 11) is 0. The van der Waals surface area contributed by atoms with Crippen molar-refractivity contribution in [2.24, 2.45) is 0 Å². The summed E-state index contributed by atoms with van der Waals surface area (Å²) in [6.07, 6.45) is 7.16. The standard InChI is InChI=1S/C29H28Cl2N4O4S/c1-17-13-19(14-27-28(36)33(29(37)40-27)16-22-23(30)9-6-10-24(22)31)18(2)34(17)21-11-12-25(26(15-21)35(38)39)32-20-7-4-3-5-8-20/h6,9-15,20,32H,3-5,7-8,16H2,1-2H3/b27-14-. The van der Waals surface area contributed by atoms with Gasteiger partial charge < -0.3 is 9.88 Å². The van der Waals surface area contributed by atoms with Gasteiger partial charge in [-0.15, -0.1) is 0 Å². The zero-order valence-corrected chi connectivity index (χ0v) is 24.4. The Morgan fingerprint density at radius 1 is 1.07 bits per heavy atom. The fourth-order valence-electron chi connectivity index (χ4n) is 5.35. The lowest BCUT2D eigenvalue weighted by atomic mass is 9.95. The Morgan fingerprint density at radius 3 is 2.45 bits per heavy atom. The number of thioether (sulfide) groups is 1. The highest BCUT2D eigenvalue weighted by molar-refractivity contribution is 8.18. The first-order valence-electron chi connectivity index (χ1n) is 13.1. The zero-order valence-electron chi connectivity index (χ0n) is 22.1. The molecule has 40 heavy (non-hydrogen) atoms. The van der Waals surface area contributed by atoms with Crippen LogP contribution in [-0.4, -0.2) is 31.6 Å². The number of amides is 2. The van der Waals surface area contributed by atoms with E-state index in [0.717, 1.165) is 59.3 Å². The number of nitrogens with zero attached hydrogens (tertiary/aromatic N) is 3. The summed E-state index contributed by atoms with van der Waals surface area (Å²) < 4.78 is 1.91. The predicted octanol–water partition coefficient (Wildman–Crippen LogP) is 8.29. The van der Waals surface area contributed by atoms with Crippen molar-refractivity contribution in [3.05, 3.63) is 90.0 Å². The smallest absolute Gasteiger partial charge is 0.294 e. The number of imide groups is 1. The van der Waals surface area contributed by atoms with Crippen LogP contribution < -0.4 is 5.32 Å². The van der Waals surface area contributed by atoms with Crippen molar-refractivity contribution in [1.82, 2.24) is 9.47 Å². The molecular formula is C29H28Cl2N4O4S. The van der Waals surface area contributed by atoms with Gasteiger partial charge in [0.1, 0.15) is 5.69 Å². The molecule has 2 aliphatic rings. The van der Waals surface area contributed by atoms with E-state index in [-0.39, 0.29) is 28.1 Å². The van der Waals surface area contributed by atoms with Crippen LogP contribution in [0.2, 0.25) is 10.0 Å². The molecule has 2 amide bonds. The van der Waals surface area contributed by atoms with Crippen LogP contribution in [-0.2, 0) is 11.3 Å². The van der Waals surface area contributed by atoms with E-state index in [2.05, 4.69) is 5.32 Å². The van der Waals surface area contributed by atoms with Crippen molar-refractivity contribution >= 4 is 63.6 Å². The van der Waals surface area contributed by atoms with Crippen LogP contribution in [0.25, 0.3) is 11.8 Å². The summed E-state index contributed by atoms with van der Waals surface area (Å²) >= 11 is 13.4. The highest BCUT2D eigenvalue weighted by atomic mass is 35.5. The molecule has 1 saturated heterocycles. The maximum absolute atomic E-state index is 13.2. The highest BCUT2D eigenvalue weighted by Gasteiger charge is 2.36. The van der Waals surface area contributed by atoms with Gasteiger partial charge in [-0.05, 0) is 80.4 Å². The van der Waals surface area contributed by atoms with Crippen LogP contribution in [0.3, 0.4) is 0 Å². The summed E-state index contributed by atoms with van der Waals surface area (Å²) in [4.78, 5) is 38.9. The van der Waals surface area contributed by atoms with Crippen molar-refractivity contribution in [3.63, 3.8) is 0 Å². The summed E-state index contributed by atoms with van der Waals surface area (Å²) in [6.45, 7) is 3.76. The van der Waals surface area contributed by atoms with Crippen LogP contribution >= 0.6 is 35.0 Å². The molecule has 1 saturated carbocycles. The fourth-order valence-corrected chi connectivity index (χ4v) is 6.70. The van der Waals surface area contributed by atoms with Gasteiger partial charge in [-0.2, -0.15) is 0 Å². The van der Waals surface area contributed by atoms with E-state index in [1.165, 1.54) is 6.42 Å². The second-order valence-corrected chi connectivity index (χ2v) is 11.9. The number of hydrogen-bond donors (Lipinski definition) is 1. The largest absolute Gasteiger partial charge is 0.377 e. The number of aromatic nitrogens is 1. The first kappa shape index (κ1) is 28.3. The number of aryl methyl sites for hydroxylation is 1. The third-order valence-electron chi connectivity index (χ3n) is 7.41. The highest BCUT2D eigenvalue weighted by Crippen LogP contribution is 2.37. The van der Waals surface area contributed by atoms with Gasteiger partial charge in [-0.3, -0.25) is 24.6 Å². The van der Waals surface area contributed by atoms with Gasteiger partial charge in [0.25, 0.3) is 16.8 Å². The minimum Gasteiger partial charge on any atom is -0.377 e. The van der Waals surface area contributed by atoms with Gasteiger partial charge in [0.2, 0.25) is 0 Å². The number of benzene rings is 2. The van der Waals surface area contributed by atoms with Crippen molar-refractivity contribution in [2.75, 3.05) is 5.32 Å². The van der Waals surface area contributed by atoms with Crippen molar-refractivity contribution < 1.29 is 14.5 Å². The van der Waals surface area contributed by atoms with Crippen LogP contribution in [0.15, 0.2) is 47.4 Å². The zero-order chi connectivity index (χ0) is 28.6. The summed E-state index contributed by atoms with van der Waals surface area (Å²) in [5, 5.41) is 15.7. The average Bonchev–Trinajstić information content (AvgIpc) is 3.35. The van der Waals surface area contributed by atoms with E-state index in [9.17, 15) is 19.7 Å². The number of nitrogens with one attached hydrogen (secondary N) is 1. The fraction of sp³-hybridized carbons (Fsp3) is 0.310. The van der Waals surface area contributed by atoms with Gasteiger partial charge in [0.15, 0.2) is 0 Å². The quantitative estimate of drug-likeness (QED) is 0.167. The molecule has 2 aromatic carbocycles. The molecule has 11 heteroatoms. The van der Waals surface area contributed by atoms with E-state index in [1.54, 1.807) is 36.4 Å². The Labute approximate surface area is 246 Å². The molecule has 3 aromatic rings. The minimum atomic E-state index is -0.426. The van der Waals surface area contributed by atoms with Gasteiger partial charge >= 0.3 is 0 Å². The first-order valence-corrected chi connectivity index (χ1v) is 14.6. The monoisotopic (exact) mass is 598 g/mol. The molecule has 0 radical (unpaired) electrons. The lowest BCUT2D eigenvalue weighted by molar-refractivity contribution is -0.384. The predicted molar refractivity (Wildman–Crippen MR) is 160 cm³/mol. The second kappa shape index (κ2) is 11.7. The second-order valence-electron chi connectivity index (χ2n) is 10.1. The normalized spacial score (nSPS) is 17.2. The Kier molecular flexibility index (Phi) is 8.26. The topological polar surface area (TPSA) is 97.5 Å². The van der Waals surface area contributed by atoms with E-state index in [4.69, 9.17) is 23.2 Å². The van der Waals surface area contributed by atoms with Gasteiger partial charge in [-0.25, -0.2) is 0 Å². The number of carbonyl (C=O) groups is 2. The molecule has 2 fully saturated rings. The summed E-state index contributed by atoms with van der Waals surface area (Å²) in [6, 6.07) is 12.4. The maximum atomic E-state index is 13.2. The molecule has 1 aliphatic carbocycles. The van der Waals surface area contributed by atoms with Crippen molar-refractivity contribution in [3.8, 4) is 5.69 Å². The lowest BCUT2D eigenvalue weighted by Crippen LogP contribution is -2.27. The number of anilines is 1. The third-order valence-corrected chi connectivity index (χ3v) is 9.03. The number of rotatable bonds is 7. The molecule has 1 N–H and O–H groups in total. The molecular weight excluding hydrogens is 571 g/mol. The van der Waals surface area contributed by atoms with Gasteiger partial charge in [-0.1, -0.05) is 48.5 Å². The molecule has 2 heterocycles. The Morgan fingerprint density at radius 2 is 1.77 bits per heavy atom. The van der Waals surface area contributed by atoms with Gasteiger partial charge in [0.05, 0.1) is 22.1 Å². The van der Waals surface area contributed by atoms with Crippen molar-refractivity contribution in [2.45, 2.75) is 58.5 Å². The Hall–Kier alpha value is -3.27. The SMILES string of the molecule is Cc1cc(/C=C2\SC(=O)N(Cc3c(Cl)cccc3Cl)C2=O)c(C)n1-c1ccc(NC2CCCCC2)c([N+](=O)[O-])c1. The average molecular weight is 600 g/mol. The molecule has 0 bridgehead atoms. The number of hydrogen-bond acceptors (Lipinski definition) is 6. The third kappa shape index (κ3) is 5.64. The molecule has 1 aromatic heterocycles. The maximum Gasteiger partial charge on any atom is 0.294 e. The van der Waals surface area contributed by atoms with E-state index in [1.807, 2.05) is 30.5 Å².